The first-order valence-corrected chi connectivity index (χ1v) is 5.03. The molecule has 0 aromatic carbocycles. The molecule has 0 radical (unpaired) electrons. The van der Waals surface area contributed by atoms with Gasteiger partial charge in [-0.25, -0.2) is 9.97 Å². The van der Waals surface area contributed by atoms with Gasteiger partial charge in [-0.1, -0.05) is 6.92 Å². The average molecular weight is 194 g/mol. The molecule has 0 aliphatic heterocycles. The summed E-state index contributed by atoms with van der Waals surface area (Å²) in [6, 6.07) is 0.326. The van der Waals surface area contributed by atoms with E-state index in [0.29, 0.717) is 18.5 Å². The van der Waals surface area contributed by atoms with Gasteiger partial charge in [0.1, 0.15) is 0 Å². The second-order valence-corrected chi connectivity index (χ2v) is 3.39. The second-order valence-electron chi connectivity index (χ2n) is 3.39. The highest BCUT2D eigenvalue weighted by Gasteiger charge is 2.02. The molecule has 0 saturated heterocycles. The van der Waals surface area contributed by atoms with Gasteiger partial charge in [0, 0.05) is 18.4 Å². The van der Waals surface area contributed by atoms with Crippen molar-refractivity contribution in [2.45, 2.75) is 32.7 Å². The van der Waals surface area contributed by atoms with Crippen molar-refractivity contribution in [1.82, 2.24) is 9.97 Å². The Balaban J connectivity index is 2.50. The lowest BCUT2D eigenvalue weighted by atomic mass is 10.2. The first kappa shape index (κ1) is 10.9. The molecule has 4 nitrogen and oxygen atoms in total. The molecule has 0 aliphatic carbocycles. The smallest absolute Gasteiger partial charge is 0.222 e. The molecular weight excluding hydrogens is 176 g/mol. The van der Waals surface area contributed by atoms with Crippen LogP contribution in [0, 0.1) is 0 Å². The van der Waals surface area contributed by atoms with Crippen molar-refractivity contribution >= 4 is 5.95 Å². The zero-order valence-corrected chi connectivity index (χ0v) is 8.83. The lowest BCUT2D eigenvalue weighted by Gasteiger charge is -2.12. The van der Waals surface area contributed by atoms with Gasteiger partial charge in [-0.05, 0) is 31.9 Å². The van der Waals surface area contributed by atoms with Crippen LogP contribution < -0.4 is 11.1 Å². The maximum Gasteiger partial charge on any atom is 0.222 e. The standard InChI is InChI=1S/C10H18N4/c1-3-9-6-12-10(13-7-9)14-8(2)4-5-11/h6-8H,3-5,11H2,1-2H3,(H,12,13,14). The molecule has 3 N–H and O–H groups in total. The number of hydrogen-bond acceptors (Lipinski definition) is 4. The predicted octanol–water partition coefficient (Wildman–Crippen LogP) is 1.19. The quantitative estimate of drug-likeness (QED) is 0.739. The summed E-state index contributed by atoms with van der Waals surface area (Å²) in [6.07, 6.45) is 5.60. The third-order valence-electron chi connectivity index (χ3n) is 2.09. The van der Waals surface area contributed by atoms with Gasteiger partial charge < -0.3 is 11.1 Å². The third-order valence-corrected chi connectivity index (χ3v) is 2.09. The minimum absolute atomic E-state index is 0.326. The zero-order chi connectivity index (χ0) is 10.4. The van der Waals surface area contributed by atoms with Gasteiger partial charge in [-0.3, -0.25) is 0 Å². The summed E-state index contributed by atoms with van der Waals surface area (Å²) in [5.41, 5.74) is 6.60. The Bertz CT molecular complexity index is 257. The van der Waals surface area contributed by atoms with E-state index in [-0.39, 0.29) is 0 Å². The van der Waals surface area contributed by atoms with Crippen LogP contribution in [0.4, 0.5) is 5.95 Å². The Labute approximate surface area is 85.0 Å². The van der Waals surface area contributed by atoms with E-state index in [1.54, 1.807) is 0 Å². The molecule has 1 unspecified atom stereocenters. The predicted molar refractivity (Wildman–Crippen MR) is 58.2 cm³/mol. The summed E-state index contributed by atoms with van der Waals surface area (Å²) in [4.78, 5) is 8.42. The van der Waals surface area contributed by atoms with Crippen LogP contribution in [-0.4, -0.2) is 22.6 Å². The van der Waals surface area contributed by atoms with Gasteiger partial charge in [0.25, 0.3) is 0 Å². The van der Waals surface area contributed by atoms with E-state index >= 15 is 0 Å². The number of aryl methyl sites for hydroxylation is 1. The van der Waals surface area contributed by atoms with E-state index < -0.39 is 0 Å². The van der Waals surface area contributed by atoms with Crippen molar-refractivity contribution < 1.29 is 0 Å². The molecule has 1 atom stereocenters. The molecule has 14 heavy (non-hydrogen) atoms. The van der Waals surface area contributed by atoms with Crippen molar-refractivity contribution in [3.8, 4) is 0 Å². The van der Waals surface area contributed by atoms with E-state index in [4.69, 9.17) is 5.73 Å². The fraction of sp³-hybridized carbons (Fsp3) is 0.600. The van der Waals surface area contributed by atoms with Crippen LogP contribution in [0.5, 0.6) is 0 Å². The van der Waals surface area contributed by atoms with E-state index in [1.165, 1.54) is 0 Å². The molecule has 1 aromatic rings. The number of hydrogen-bond donors (Lipinski definition) is 2. The lowest BCUT2D eigenvalue weighted by molar-refractivity contribution is 0.708. The van der Waals surface area contributed by atoms with E-state index in [2.05, 4.69) is 29.1 Å². The molecular formula is C10H18N4. The monoisotopic (exact) mass is 194 g/mol. The molecule has 4 heteroatoms. The van der Waals surface area contributed by atoms with Gasteiger partial charge in [-0.2, -0.15) is 0 Å². The van der Waals surface area contributed by atoms with Crippen molar-refractivity contribution in [2.24, 2.45) is 5.73 Å². The van der Waals surface area contributed by atoms with Crippen LogP contribution in [0.2, 0.25) is 0 Å². The summed E-state index contributed by atoms with van der Waals surface area (Å²) in [5, 5.41) is 3.19. The number of nitrogens with one attached hydrogen (secondary N) is 1. The molecule has 0 spiro atoms. The van der Waals surface area contributed by atoms with Gasteiger partial charge in [0.15, 0.2) is 0 Å². The SMILES string of the molecule is CCc1cnc(NC(C)CCN)nc1. The Morgan fingerprint density at radius 3 is 2.57 bits per heavy atom. The fourth-order valence-corrected chi connectivity index (χ4v) is 1.15. The number of aromatic nitrogens is 2. The molecule has 78 valence electrons. The highest BCUT2D eigenvalue weighted by atomic mass is 15.1. The molecule has 0 bridgehead atoms. The Morgan fingerprint density at radius 2 is 2.07 bits per heavy atom. The Morgan fingerprint density at radius 1 is 1.43 bits per heavy atom. The van der Waals surface area contributed by atoms with Crippen molar-refractivity contribution in [2.75, 3.05) is 11.9 Å². The Hall–Kier alpha value is -1.16. The topological polar surface area (TPSA) is 63.8 Å². The molecule has 1 aromatic heterocycles. The van der Waals surface area contributed by atoms with E-state index in [1.807, 2.05) is 12.4 Å². The lowest BCUT2D eigenvalue weighted by Crippen LogP contribution is -2.20. The third kappa shape index (κ3) is 3.30. The maximum absolute atomic E-state index is 5.45. The molecule has 1 heterocycles. The minimum Gasteiger partial charge on any atom is -0.352 e. The number of nitrogens with two attached hydrogens (primary N) is 1. The van der Waals surface area contributed by atoms with Gasteiger partial charge in [-0.15, -0.1) is 0 Å². The molecule has 0 fully saturated rings. The van der Waals surface area contributed by atoms with Crippen LogP contribution in [0.15, 0.2) is 12.4 Å². The van der Waals surface area contributed by atoms with Crippen LogP contribution in [-0.2, 0) is 6.42 Å². The summed E-state index contributed by atoms with van der Waals surface area (Å²) in [6.45, 7) is 4.84. The van der Waals surface area contributed by atoms with Crippen molar-refractivity contribution in [3.05, 3.63) is 18.0 Å². The average Bonchev–Trinajstić information content (AvgIpc) is 2.19. The number of nitrogens with zero attached hydrogens (tertiary/aromatic N) is 2. The van der Waals surface area contributed by atoms with Crippen molar-refractivity contribution in [3.63, 3.8) is 0 Å². The highest BCUT2D eigenvalue weighted by Crippen LogP contribution is 2.03. The van der Waals surface area contributed by atoms with E-state index in [0.717, 1.165) is 18.4 Å². The minimum atomic E-state index is 0.326. The van der Waals surface area contributed by atoms with E-state index in [9.17, 15) is 0 Å². The van der Waals surface area contributed by atoms with Crippen molar-refractivity contribution in [1.29, 1.82) is 0 Å². The maximum atomic E-state index is 5.45. The molecule has 1 rings (SSSR count). The number of anilines is 1. The van der Waals surface area contributed by atoms with Gasteiger partial charge in [0.2, 0.25) is 5.95 Å². The summed E-state index contributed by atoms with van der Waals surface area (Å²) < 4.78 is 0. The van der Waals surface area contributed by atoms with Crippen LogP contribution in [0.25, 0.3) is 0 Å². The molecule has 0 aliphatic rings. The first-order chi connectivity index (χ1) is 6.76. The summed E-state index contributed by atoms with van der Waals surface area (Å²) in [5.74, 6) is 0.683. The normalized spacial score (nSPS) is 12.5. The van der Waals surface area contributed by atoms with Crippen LogP contribution >= 0.6 is 0 Å². The fourth-order valence-electron chi connectivity index (χ4n) is 1.15. The van der Waals surface area contributed by atoms with Crippen LogP contribution in [0.3, 0.4) is 0 Å². The second kappa shape index (κ2) is 5.54. The largest absolute Gasteiger partial charge is 0.352 e. The van der Waals surface area contributed by atoms with Gasteiger partial charge in [0.05, 0.1) is 0 Å². The zero-order valence-electron chi connectivity index (χ0n) is 8.83. The summed E-state index contributed by atoms with van der Waals surface area (Å²) in [7, 11) is 0. The number of rotatable bonds is 5. The molecule has 0 saturated carbocycles. The highest BCUT2D eigenvalue weighted by molar-refractivity contribution is 5.25. The first-order valence-electron chi connectivity index (χ1n) is 5.03. The molecule has 0 amide bonds. The van der Waals surface area contributed by atoms with Gasteiger partial charge >= 0.3 is 0 Å². The Kier molecular flexibility index (Phi) is 4.32. The summed E-state index contributed by atoms with van der Waals surface area (Å²) >= 11 is 0. The van der Waals surface area contributed by atoms with Crippen LogP contribution in [0.1, 0.15) is 25.8 Å².